The summed E-state index contributed by atoms with van der Waals surface area (Å²) >= 11 is 0. The van der Waals surface area contributed by atoms with Gasteiger partial charge in [0.15, 0.2) is 0 Å². The van der Waals surface area contributed by atoms with Gasteiger partial charge in [-0.15, -0.1) is 0 Å². The molecule has 0 aromatic heterocycles. The van der Waals surface area contributed by atoms with E-state index in [1.807, 2.05) is 0 Å². The van der Waals surface area contributed by atoms with Crippen LogP contribution in [0.1, 0.15) is 20.3 Å². The van der Waals surface area contributed by atoms with Gasteiger partial charge >= 0.3 is 5.97 Å². The molecular weight excluding hydrogens is 158 g/mol. The third kappa shape index (κ3) is 2.53. The van der Waals surface area contributed by atoms with E-state index in [1.54, 1.807) is 20.9 Å². The van der Waals surface area contributed by atoms with E-state index in [0.717, 1.165) is 0 Å². The largest absolute Gasteiger partial charge is 0.467 e. The third-order valence-corrected chi connectivity index (χ3v) is 1.82. The molecule has 0 saturated heterocycles. The van der Waals surface area contributed by atoms with E-state index in [-0.39, 0.29) is 11.9 Å². The summed E-state index contributed by atoms with van der Waals surface area (Å²) in [5, 5.41) is 0. The number of nitrogens with zero attached hydrogens (tertiary/aromatic N) is 1. The molecule has 0 aliphatic rings. The molecule has 1 atom stereocenters. The van der Waals surface area contributed by atoms with E-state index >= 15 is 0 Å². The van der Waals surface area contributed by atoms with Gasteiger partial charge < -0.3 is 9.64 Å². The molecule has 1 amide bonds. The molecule has 12 heavy (non-hydrogen) atoms. The van der Waals surface area contributed by atoms with Crippen molar-refractivity contribution >= 4 is 11.9 Å². The summed E-state index contributed by atoms with van der Waals surface area (Å²) in [5.74, 6) is -0.452. The molecule has 0 bridgehead atoms. The molecule has 0 fully saturated rings. The number of ether oxygens (including phenoxy) is 1. The average Bonchev–Trinajstić information content (AvgIpc) is 2.12. The fourth-order valence-corrected chi connectivity index (χ4v) is 0.794. The van der Waals surface area contributed by atoms with E-state index in [0.29, 0.717) is 6.42 Å². The Balaban J connectivity index is 4.18. The Hall–Kier alpha value is -1.06. The van der Waals surface area contributed by atoms with Gasteiger partial charge in [0, 0.05) is 13.5 Å². The normalized spacial score (nSPS) is 12.0. The second kappa shape index (κ2) is 4.74. The molecule has 0 radical (unpaired) electrons. The van der Waals surface area contributed by atoms with Gasteiger partial charge in [-0.2, -0.15) is 0 Å². The monoisotopic (exact) mass is 173 g/mol. The lowest BCUT2D eigenvalue weighted by Gasteiger charge is -2.21. The van der Waals surface area contributed by atoms with Gasteiger partial charge in [-0.1, -0.05) is 6.92 Å². The van der Waals surface area contributed by atoms with Crippen LogP contribution < -0.4 is 0 Å². The fourth-order valence-electron chi connectivity index (χ4n) is 0.794. The predicted octanol–water partition coefficient (Wildman–Crippen LogP) is 0.416. The first-order valence-corrected chi connectivity index (χ1v) is 3.88. The van der Waals surface area contributed by atoms with Crippen LogP contribution in [0.4, 0.5) is 0 Å². The van der Waals surface area contributed by atoms with E-state index in [4.69, 9.17) is 0 Å². The molecule has 0 aromatic rings. The van der Waals surface area contributed by atoms with Crippen molar-refractivity contribution in [3.8, 4) is 0 Å². The molecule has 0 aromatic carbocycles. The number of carbonyl (C=O) groups excluding carboxylic acids is 2. The Bertz CT molecular complexity index is 159. The van der Waals surface area contributed by atoms with Crippen molar-refractivity contribution in [1.29, 1.82) is 0 Å². The van der Waals surface area contributed by atoms with Gasteiger partial charge in [0.1, 0.15) is 6.04 Å². The zero-order chi connectivity index (χ0) is 9.72. The summed E-state index contributed by atoms with van der Waals surface area (Å²) in [6.07, 6.45) is 0.401. The number of esters is 1. The lowest BCUT2D eigenvalue weighted by atomic mass is 10.3. The highest BCUT2D eigenvalue weighted by atomic mass is 16.5. The van der Waals surface area contributed by atoms with Crippen molar-refractivity contribution in [1.82, 2.24) is 4.90 Å². The second-order valence-corrected chi connectivity index (χ2v) is 2.56. The summed E-state index contributed by atoms with van der Waals surface area (Å²) in [6.45, 7) is 3.39. The minimum atomic E-state index is -0.498. The highest BCUT2D eigenvalue weighted by molar-refractivity contribution is 5.83. The number of likely N-dealkylation sites (N-methyl/N-ethyl adjacent to an activating group) is 1. The van der Waals surface area contributed by atoms with Crippen molar-refractivity contribution in [3.05, 3.63) is 0 Å². The Morgan fingerprint density at radius 1 is 1.50 bits per heavy atom. The van der Waals surface area contributed by atoms with Crippen LogP contribution in [0.15, 0.2) is 0 Å². The molecule has 0 saturated carbocycles. The lowest BCUT2D eigenvalue weighted by Crippen LogP contribution is -2.40. The molecular formula is C8H15NO3. The lowest BCUT2D eigenvalue weighted by molar-refractivity contribution is -0.150. The Labute approximate surface area is 72.5 Å². The van der Waals surface area contributed by atoms with Crippen LogP contribution in [-0.2, 0) is 14.3 Å². The zero-order valence-electron chi connectivity index (χ0n) is 7.96. The number of hydrogen-bond donors (Lipinski definition) is 0. The van der Waals surface area contributed by atoms with Crippen LogP contribution in [0, 0.1) is 0 Å². The van der Waals surface area contributed by atoms with Crippen LogP contribution in [0.5, 0.6) is 0 Å². The van der Waals surface area contributed by atoms with Crippen molar-refractivity contribution < 1.29 is 14.3 Å². The molecule has 4 heteroatoms. The first-order valence-electron chi connectivity index (χ1n) is 3.88. The number of amides is 1. The van der Waals surface area contributed by atoms with Gasteiger partial charge in [0.05, 0.1) is 7.11 Å². The second-order valence-electron chi connectivity index (χ2n) is 2.56. The SMILES string of the molecule is CCC(=O)N(C)[C@@H](C)C(=O)OC. The highest BCUT2D eigenvalue weighted by Crippen LogP contribution is 2.00. The summed E-state index contributed by atoms with van der Waals surface area (Å²) in [6, 6.07) is -0.498. The minimum absolute atomic E-state index is 0.0621. The van der Waals surface area contributed by atoms with Gasteiger partial charge in [0.2, 0.25) is 5.91 Å². The predicted molar refractivity (Wildman–Crippen MR) is 44.5 cm³/mol. The van der Waals surface area contributed by atoms with Gasteiger partial charge in [0.25, 0.3) is 0 Å². The standard InChI is InChI=1S/C8H15NO3/c1-5-7(10)9(3)6(2)8(11)12-4/h6H,5H2,1-4H3/t6-/m0/s1. The minimum Gasteiger partial charge on any atom is -0.467 e. The molecule has 70 valence electrons. The molecule has 4 nitrogen and oxygen atoms in total. The fraction of sp³-hybridized carbons (Fsp3) is 0.750. The molecule has 0 aliphatic carbocycles. The average molecular weight is 173 g/mol. The number of rotatable bonds is 3. The highest BCUT2D eigenvalue weighted by Gasteiger charge is 2.21. The maximum Gasteiger partial charge on any atom is 0.328 e. The third-order valence-electron chi connectivity index (χ3n) is 1.82. The van der Waals surface area contributed by atoms with E-state index in [9.17, 15) is 9.59 Å². The summed E-state index contributed by atoms with van der Waals surface area (Å²) < 4.78 is 4.49. The van der Waals surface area contributed by atoms with Gasteiger partial charge in [-0.25, -0.2) is 4.79 Å². The molecule has 0 aliphatic heterocycles. The van der Waals surface area contributed by atoms with Crippen LogP contribution in [0.25, 0.3) is 0 Å². The first kappa shape index (κ1) is 10.9. The maximum atomic E-state index is 11.1. The summed E-state index contributed by atoms with van der Waals surface area (Å²) in [5.41, 5.74) is 0. The van der Waals surface area contributed by atoms with E-state index in [2.05, 4.69) is 4.74 Å². The number of methoxy groups -OCH3 is 1. The number of carbonyl (C=O) groups is 2. The van der Waals surface area contributed by atoms with Crippen LogP contribution in [0.3, 0.4) is 0 Å². The Morgan fingerprint density at radius 3 is 2.33 bits per heavy atom. The van der Waals surface area contributed by atoms with Crippen molar-refractivity contribution in [2.45, 2.75) is 26.3 Å². The molecule has 0 unspecified atom stereocenters. The Kier molecular flexibility index (Phi) is 4.33. The van der Waals surface area contributed by atoms with Crippen molar-refractivity contribution in [2.24, 2.45) is 0 Å². The summed E-state index contributed by atoms with van der Waals surface area (Å²) in [7, 11) is 2.90. The topological polar surface area (TPSA) is 46.6 Å². The smallest absolute Gasteiger partial charge is 0.328 e. The maximum absolute atomic E-state index is 11.1. The van der Waals surface area contributed by atoms with Crippen LogP contribution in [-0.4, -0.2) is 37.0 Å². The quantitative estimate of drug-likeness (QED) is 0.581. The number of hydrogen-bond acceptors (Lipinski definition) is 3. The Morgan fingerprint density at radius 2 is 2.00 bits per heavy atom. The van der Waals surface area contributed by atoms with Crippen molar-refractivity contribution in [3.63, 3.8) is 0 Å². The van der Waals surface area contributed by atoms with Gasteiger partial charge in [-0.3, -0.25) is 4.79 Å². The van der Waals surface area contributed by atoms with E-state index < -0.39 is 6.04 Å². The zero-order valence-corrected chi connectivity index (χ0v) is 7.96. The van der Waals surface area contributed by atoms with E-state index in [1.165, 1.54) is 12.0 Å². The summed E-state index contributed by atoms with van der Waals surface area (Å²) in [4.78, 5) is 23.4. The van der Waals surface area contributed by atoms with Gasteiger partial charge in [-0.05, 0) is 6.92 Å². The molecule has 0 rings (SSSR count). The molecule has 0 heterocycles. The first-order chi connectivity index (χ1) is 5.54. The van der Waals surface area contributed by atoms with Crippen LogP contribution >= 0.6 is 0 Å². The van der Waals surface area contributed by atoms with Crippen molar-refractivity contribution in [2.75, 3.05) is 14.2 Å². The molecule has 0 spiro atoms. The molecule has 0 N–H and O–H groups in total. The van der Waals surface area contributed by atoms with Crippen LogP contribution in [0.2, 0.25) is 0 Å².